The number of carbonyl (C=O) groups excluding carboxylic acids is 3. The summed E-state index contributed by atoms with van der Waals surface area (Å²) in [7, 11) is 0. The molecule has 2 N–H and O–H groups in total. The number of ether oxygens (including phenoxy) is 5. The van der Waals surface area contributed by atoms with E-state index in [0.29, 0.717) is 0 Å². The van der Waals surface area contributed by atoms with Crippen LogP contribution >= 0.6 is 0 Å². The van der Waals surface area contributed by atoms with Crippen molar-refractivity contribution < 1.29 is 48.3 Å². The number of esters is 1. The average Bonchev–Trinajstić information content (AvgIpc) is 3.23. The summed E-state index contributed by atoms with van der Waals surface area (Å²) in [6.07, 6.45) is -3.38. The molecule has 2 aromatic carbocycles. The second kappa shape index (κ2) is 10.3. The fraction of sp³-hybridized carbons (Fsp3) is 0.500. The largest absolute Gasteiger partial charge is 0.507 e. The van der Waals surface area contributed by atoms with Gasteiger partial charge in [0, 0.05) is 53.4 Å². The van der Waals surface area contributed by atoms with Gasteiger partial charge in [0.05, 0.1) is 29.9 Å². The Morgan fingerprint density at radius 3 is 2.35 bits per heavy atom. The fourth-order valence-corrected chi connectivity index (χ4v) is 6.77. The molecule has 2 heterocycles. The number of fused-ring (bicyclic) bond motifs is 3. The maximum Gasteiger partial charge on any atom is 0.302 e. The van der Waals surface area contributed by atoms with E-state index in [1.54, 1.807) is 32.9 Å². The lowest BCUT2D eigenvalue weighted by atomic mass is 9.73. The van der Waals surface area contributed by atoms with Crippen LogP contribution in [0.25, 0.3) is 10.4 Å². The van der Waals surface area contributed by atoms with Gasteiger partial charge in [-0.2, -0.15) is 0 Å². The summed E-state index contributed by atoms with van der Waals surface area (Å²) < 4.78 is 30.1. The number of nitrogens with zero attached hydrogens (tertiary/aromatic N) is 3. The van der Waals surface area contributed by atoms with Crippen molar-refractivity contribution in [2.45, 2.75) is 89.0 Å². The van der Waals surface area contributed by atoms with Gasteiger partial charge < -0.3 is 33.9 Å². The Hall–Kier alpha value is -4.00. The third-order valence-corrected chi connectivity index (χ3v) is 8.45. The molecule has 0 radical (unpaired) electrons. The van der Waals surface area contributed by atoms with Gasteiger partial charge in [0.2, 0.25) is 0 Å². The van der Waals surface area contributed by atoms with Crippen molar-refractivity contribution in [1.29, 1.82) is 0 Å². The van der Waals surface area contributed by atoms with E-state index in [9.17, 15) is 24.6 Å². The van der Waals surface area contributed by atoms with E-state index in [-0.39, 0.29) is 59.3 Å². The van der Waals surface area contributed by atoms with E-state index in [1.165, 1.54) is 19.1 Å². The molecule has 2 aromatic rings. The average molecular weight is 594 g/mol. The van der Waals surface area contributed by atoms with Gasteiger partial charge in [0.1, 0.15) is 29.2 Å². The van der Waals surface area contributed by atoms with Crippen molar-refractivity contribution in [2.75, 3.05) is 6.61 Å². The normalized spacial score (nSPS) is 30.7. The molecule has 2 aliphatic heterocycles. The summed E-state index contributed by atoms with van der Waals surface area (Å²) in [6, 6.07) is 5.43. The number of phenols is 2. The highest BCUT2D eigenvalue weighted by molar-refractivity contribution is 6.30. The number of ketones is 2. The predicted octanol–water partition coefficient (Wildman–Crippen LogP) is 4.14. The Morgan fingerprint density at radius 2 is 1.77 bits per heavy atom. The van der Waals surface area contributed by atoms with E-state index < -0.39 is 71.1 Å². The van der Waals surface area contributed by atoms with Crippen LogP contribution in [0.5, 0.6) is 11.5 Å². The molecule has 6 rings (SSSR count). The van der Waals surface area contributed by atoms with Crippen molar-refractivity contribution in [1.82, 2.24) is 0 Å². The first-order chi connectivity index (χ1) is 20.3. The minimum Gasteiger partial charge on any atom is -0.507 e. The second-order valence-corrected chi connectivity index (χ2v) is 11.9. The van der Waals surface area contributed by atoms with E-state index in [1.807, 2.05) is 0 Å². The summed E-state index contributed by atoms with van der Waals surface area (Å²) in [4.78, 5) is 41.9. The maximum atomic E-state index is 13.6. The highest BCUT2D eigenvalue weighted by Gasteiger charge is 2.53. The van der Waals surface area contributed by atoms with E-state index in [2.05, 4.69) is 10.0 Å². The van der Waals surface area contributed by atoms with Crippen LogP contribution in [-0.2, 0) is 34.9 Å². The van der Waals surface area contributed by atoms with Crippen LogP contribution in [0.3, 0.4) is 0 Å². The summed E-state index contributed by atoms with van der Waals surface area (Å²) in [5.41, 5.74) is 8.03. The third kappa shape index (κ3) is 4.83. The molecule has 4 aliphatic rings. The van der Waals surface area contributed by atoms with Gasteiger partial charge in [-0.3, -0.25) is 14.4 Å². The first kappa shape index (κ1) is 29.1. The number of aromatic hydroxyl groups is 2. The third-order valence-electron chi connectivity index (χ3n) is 8.45. The maximum absolute atomic E-state index is 13.6. The van der Waals surface area contributed by atoms with Gasteiger partial charge in [-0.25, -0.2) is 0 Å². The van der Waals surface area contributed by atoms with E-state index in [0.717, 1.165) is 0 Å². The summed E-state index contributed by atoms with van der Waals surface area (Å²) in [5.74, 6) is -3.63. The van der Waals surface area contributed by atoms with Crippen molar-refractivity contribution in [3.63, 3.8) is 0 Å². The van der Waals surface area contributed by atoms with E-state index in [4.69, 9.17) is 29.2 Å². The van der Waals surface area contributed by atoms with Gasteiger partial charge in [-0.05, 0) is 26.3 Å². The molecule has 2 aliphatic carbocycles. The Labute approximate surface area is 246 Å². The Balaban J connectivity index is 1.45. The van der Waals surface area contributed by atoms with E-state index >= 15 is 0 Å². The van der Waals surface area contributed by atoms with Crippen molar-refractivity contribution in [3.05, 3.63) is 68.1 Å². The van der Waals surface area contributed by atoms with Crippen molar-refractivity contribution in [3.8, 4) is 11.5 Å². The number of azide groups is 1. The topological polar surface area (TPSA) is 187 Å². The minimum atomic E-state index is -1.01. The van der Waals surface area contributed by atoms with Crippen LogP contribution in [0.4, 0.5) is 0 Å². The zero-order valence-electron chi connectivity index (χ0n) is 24.0. The molecule has 0 amide bonds. The van der Waals surface area contributed by atoms with Crippen LogP contribution in [0.15, 0.2) is 29.4 Å². The van der Waals surface area contributed by atoms with Gasteiger partial charge >= 0.3 is 5.97 Å². The predicted molar refractivity (Wildman–Crippen MR) is 147 cm³/mol. The Kier molecular flexibility index (Phi) is 6.98. The van der Waals surface area contributed by atoms with Crippen LogP contribution in [-0.4, -0.2) is 70.3 Å². The molecule has 13 heteroatoms. The van der Waals surface area contributed by atoms with Crippen LogP contribution < -0.4 is 0 Å². The quantitative estimate of drug-likeness (QED) is 0.146. The molecule has 0 aromatic heterocycles. The summed E-state index contributed by atoms with van der Waals surface area (Å²) in [5, 5.41) is 27.0. The van der Waals surface area contributed by atoms with Gasteiger partial charge in [-0.15, -0.1) is 0 Å². The zero-order chi connectivity index (χ0) is 30.8. The number of hydrogen-bond acceptors (Lipinski definition) is 11. The highest BCUT2D eigenvalue weighted by atomic mass is 16.8. The van der Waals surface area contributed by atoms with Gasteiger partial charge in [-0.1, -0.05) is 29.4 Å². The van der Waals surface area contributed by atoms with Crippen LogP contribution in [0.1, 0.15) is 89.6 Å². The number of carbonyl (C=O) groups is 3. The molecule has 0 unspecified atom stereocenters. The number of hydrogen-bond donors (Lipinski definition) is 2. The zero-order valence-corrected chi connectivity index (χ0v) is 24.0. The Bertz CT molecular complexity index is 1600. The number of rotatable bonds is 4. The molecule has 13 nitrogen and oxygen atoms in total. The molecule has 1 spiro atoms. The summed E-state index contributed by atoms with van der Waals surface area (Å²) >= 11 is 0. The molecule has 0 saturated carbocycles. The molecule has 0 bridgehead atoms. The standard InChI is InChI=1S/C30H31N3O10/c1-13-24(32-33-31)18(41-14(2)34)9-20(40-13)42-19-11-30(12-39-29(3,4)43-30)10-17-21(19)28(38)23-22(27(17)37)25(35)15-7-5-6-8-16(15)26(23)36/h5-8,13,18-20,24,37-38H,9-12H2,1-4H3/t13-,18-,19-,20-,24+,30-/m0/s1. The molecule has 6 atom stereocenters. The van der Waals surface area contributed by atoms with Gasteiger partial charge in [0.25, 0.3) is 0 Å². The Morgan fingerprint density at radius 1 is 1.12 bits per heavy atom. The monoisotopic (exact) mass is 593 g/mol. The first-order valence-electron chi connectivity index (χ1n) is 14.0. The van der Waals surface area contributed by atoms with Crippen LogP contribution in [0, 0.1) is 0 Å². The molecular weight excluding hydrogens is 562 g/mol. The van der Waals surface area contributed by atoms with Crippen LogP contribution in [0.2, 0.25) is 0 Å². The first-order valence-corrected chi connectivity index (χ1v) is 14.0. The molecule has 2 fully saturated rings. The lowest BCUT2D eigenvalue weighted by Crippen LogP contribution is -2.49. The molecule has 2 saturated heterocycles. The lowest BCUT2D eigenvalue weighted by molar-refractivity contribution is -0.249. The SMILES string of the molecule is CC(=O)O[C@H]1C[C@H](O[C@H]2C[C@]3(COC(C)(C)O3)Cc3c(O)c4c(c(O)c32)C(=O)c2ccccc2C4=O)O[C@@H](C)[C@H]1N=[N+]=[N-]. The number of phenolic OH excluding ortho intramolecular Hbond substituents is 2. The molecule has 43 heavy (non-hydrogen) atoms. The smallest absolute Gasteiger partial charge is 0.302 e. The second-order valence-electron chi connectivity index (χ2n) is 11.9. The van der Waals surface area contributed by atoms with Gasteiger partial charge in [0.15, 0.2) is 23.6 Å². The fourth-order valence-electron chi connectivity index (χ4n) is 6.77. The number of benzene rings is 2. The molecular formula is C30H31N3O10. The minimum absolute atomic E-state index is 0.00222. The van der Waals surface area contributed by atoms with Crippen molar-refractivity contribution in [2.24, 2.45) is 5.11 Å². The highest BCUT2D eigenvalue weighted by Crippen LogP contribution is 2.54. The summed E-state index contributed by atoms with van der Waals surface area (Å²) in [6.45, 7) is 6.52. The molecule has 226 valence electrons. The van der Waals surface area contributed by atoms with Crippen molar-refractivity contribution >= 4 is 17.5 Å². The lowest BCUT2D eigenvalue weighted by Gasteiger charge is -2.43.